The Morgan fingerprint density at radius 2 is 1.85 bits per heavy atom. The third-order valence-corrected chi connectivity index (χ3v) is 3.40. The van der Waals surface area contributed by atoms with Gasteiger partial charge in [-0.3, -0.25) is 0 Å². The highest BCUT2D eigenvalue weighted by Crippen LogP contribution is 2.34. The molecule has 3 rings (SSSR count). The van der Waals surface area contributed by atoms with Crippen molar-refractivity contribution in [3.8, 4) is 16.9 Å². The van der Waals surface area contributed by atoms with Gasteiger partial charge in [-0.25, -0.2) is 4.98 Å². The van der Waals surface area contributed by atoms with Crippen molar-refractivity contribution in [3.05, 3.63) is 61.1 Å². The zero-order chi connectivity index (χ0) is 14.1. The minimum absolute atomic E-state index is 0.498. The number of anilines is 1. The summed E-state index contributed by atoms with van der Waals surface area (Å²) in [6.07, 6.45) is 1.80. The second-order valence-electron chi connectivity index (χ2n) is 4.63. The molecule has 3 heteroatoms. The van der Waals surface area contributed by atoms with Gasteiger partial charge in [-0.15, -0.1) is 0 Å². The molecule has 0 unspecified atom stereocenters. The predicted molar refractivity (Wildman–Crippen MR) is 82.6 cm³/mol. The number of pyridine rings is 1. The van der Waals surface area contributed by atoms with E-state index in [0.29, 0.717) is 5.82 Å². The van der Waals surface area contributed by atoms with Crippen molar-refractivity contribution in [2.24, 2.45) is 0 Å². The molecule has 0 bridgehead atoms. The number of benzene rings is 2. The van der Waals surface area contributed by atoms with Crippen LogP contribution in [0, 0.1) is 6.92 Å². The zero-order valence-corrected chi connectivity index (χ0v) is 11.3. The Kier molecular flexibility index (Phi) is 3.03. The fourth-order valence-corrected chi connectivity index (χ4v) is 2.37. The minimum atomic E-state index is 0.498. The van der Waals surface area contributed by atoms with Gasteiger partial charge < -0.3 is 10.5 Å². The smallest absolute Gasteiger partial charge is 0.131 e. The first-order chi connectivity index (χ1) is 9.70. The van der Waals surface area contributed by atoms with Crippen LogP contribution in [0.25, 0.3) is 21.9 Å². The van der Waals surface area contributed by atoms with E-state index in [-0.39, 0.29) is 0 Å². The van der Waals surface area contributed by atoms with Crippen molar-refractivity contribution >= 4 is 16.6 Å². The first-order valence-corrected chi connectivity index (χ1v) is 6.34. The molecule has 99 valence electrons. The Balaban J connectivity index is 2.35. The lowest BCUT2D eigenvalue weighted by Gasteiger charge is -2.12. The molecule has 2 N–H and O–H groups in total. The number of hydrogen-bond donors (Lipinski definition) is 1. The van der Waals surface area contributed by atoms with E-state index in [1.54, 1.807) is 13.3 Å². The topological polar surface area (TPSA) is 48.1 Å². The molecule has 0 atom stereocenters. The number of fused-ring (bicyclic) bond motifs is 1. The Hall–Kier alpha value is -2.55. The van der Waals surface area contributed by atoms with Gasteiger partial charge >= 0.3 is 0 Å². The summed E-state index contributed by atoms with van der Waals surface area (Å²) >= 11 is 0. The summed E-state index contributed by atoms with van der Waals surface area (Å²) in [7, 11) is 1.63. The molecule has 20 heavy (non-hydrogen) atoms. The van der Waals surface area contributed by atoms with Crippen molar-refractivity contribution in [2.75, 3.05) is 12.8 Å². The second kappa shape index (κ2) is 4.85. The molecular formula is C17H15N2O. The Bertz CT molecular complexity index is 767. The predicted octanol–water partition coefficient (Wildman–Crippen LogP) is 3.67. The van der Waals surface area contributed by atoms with E-state index in [2.05, 4.69) is 24.0 Å². The minimum Gasteiger partial charge on any atom is -0.496 e. The Labute approximate surface area is 118 Å². The molecule has 1 radical (unpaired) electrons. The van der Waals surface area contributed by atoms with Gasteiger partial charge in [0.15, 0.2) is 0 Å². The highest BCUT2D eigenvalue weighted by molar-refractivity contribution is 6.02. The summed E-state index contributed by atoms with van der Waals surface area (Å²) in [6.45, 7) is 4.02. The molecule has 0 fully saturated rings. The maximum absolute atomic E-state index is 5.99. The van der Waals surface area contributed by atoms with Crippen LogP contribution in [-0.4, -0.2) is 12.1 Å². The van der Waals surface area contributed by atoms with E-state index in [9.17, 15) is 0 Å². The normalized spacial score (nSPS) is 10.7. The molecule has 0 amide bonds. The highest BCUT2D eigenvalue weighted by Gasteiger charge is 2.10. The van der Waals surface area contributed by atoms with Gasteiger partial charge in [0.25, 0.3) is 0 Å². The van der Waals surface area contributed by atoms with Crippen LogP contribution in [0.5, 0.6) is 5.75 Å². The highest BCUT2D eigenvalue weighted by atomic mass is 16.5. The van der Waals surface area contributed by atoms with Gasteiger partial charge in [0.05, 0.1) is 7.11 Å². The fourth-order valence-electron chi connectivity index (χ4n) is 2.37. The molecule has 0 saturated heterocycles. The molecule has 0 spiro atoms. The molecule has 3 nitrogen and oxygen atoms in total. The summed E-state index contributed by atoms with van der Waals surface area (Å²) in [4.78, 5) is 4.29. The molecule has 0 aliphatic rings. The number of rotatable bonds is 2. The number of nitrogens with zero attached hydrogens (tertiary/aromatic N) is 1. The van der Waals surface area contributed by atoms with Crippen LogP contribution in [0.4, 0.5) is 5.82 Å². The van der Waals surface area contributed by atoms with E-state index < -0.39 is 0 Å². The monoisotopic (exact) mass is 263 g/mol. The summed E-state index contributed by atoms with van der Waals surface area (Å²) in [5, 5.41) is 1.92. The van der Waals surface area contributed by atoms with Crippen LogP contribution in [0.15, 0.2) is 48.7 Å². The quantitative estimate of drug-likeness (QED) is 0.767. The first kappa shape index (κ1) is 12.5. The number of ether oxygens (including phenoxy) is 1. The van der Waals surface area contributed by atoms with Crippen molar-refractivity contribution < 1.29 is 4.74 Å². The lowest BCUT2D eigenvalue weighted by Crippen LogP contribution is -1.95. The van der Waals surface area contributed by atoms with Crippen molar-refractivity contribution in [1.82, 2.24) is 4.98 Å². The summed E-state index contributed by atoms with van der Waals surface area (Å²) in [5.41, 5.74) is 8.98. The Morgan fingerprint density at radius 3 is 2.55 bits per heavy atom. The second-order valence-corrected chi connectivity index (χ2v) is 4.63. The summed E-state index contributed by atoms with van der Waals surface area (Å²) in [5.74, 6) is 1.22. The van der Waals surface area contributed by atoms with E-state index in [4.69, 9.17) is 10.5 Å². The summed E-state index contributed by atoms with van der Waals surface area (Å²) in [6, 6.07) is 14.0. The van der Waals surface area contributed by atoms with E-state index >= 15 is 0 Å². The van der Waals surface area contributed by atoms with E-state index in [1.165, 1.54) is 0 Å². The van der Waals surface area contributed by atoms with Gasteiger partial charge in [-0.2, -0.15) is 0 Å². The third kappa shape index (κ3) is 1.97. The van der Waals surface area contributed by atoms with Crippen LogP contribution in [0.1, 0.15) is 5.56 Å². The Morgan fingerprint density at radius 1 is 1.10 bits per heavy atom. The van der Waals surface area contributed by atoms with Gasteiger partial charge in [0, 0.05) is 17.1 Å². The van der Waals surface area contributed by atoms with Gasteiger partial charge in [0.2, 0.25) is 0 Å². The summed E-state index contributed by atoms with van der Waals surface area (Å²) < 4.78 is 5.31. The van der Waals surface area contributed by atoms with Crippen molar-refractivity contribution in [2.45, 2.75) is 0 Å². The number of nitrogen functional groups attached to an aromatic ring is 1. The molecule has 0 aliphatic heterocycles. The third-order valence-electron chi connectivity index (χ3n) is 3.40. The average Bonchev–Trinajstić information content (AvgIpc) is 2.48. The molecule has 1 aromatic heterocycles. The molecule has 0 saturated carbocycles. The maximum atomic E-state index is 5.99. The van der Waals surface area contributed by atoms with Gasteiger partial charge in [0.1, 0.15) is 11.6 Å². The SMILES string of the molecule is [CH2]c1cc2c(-c3ccccc3)cnc(N)c2cc1OC. The fraction of sp³-hybridized carbons (Fsp3) is 0.0588. The standard InChI is InChI=1S/C17H15N2O/c1-11-8-13-14(9-16(11)20-2)17(18)19-10-15(13)12-6-4-3-5-7-12/h3-10H,1H2,2H3,(H2,18,19). The molecule has 2 aromatic carbocycles. The maximum Gasteiger partial charge on any atom is 0.131 e. The van der Waals surface area contributed by atoms with Crippen LogP contribution >= 0.6 is 0 Å². The lowest BCUT2D eigenvalue weighted by molar-refractivity contribution is 0.413. The van der Waals surface area contributed by atoms with Crippen molar-refractivity contribution in [1.29, 1.82) is 0 Å². The first-order valence-electron chi connectivity index (χ1n) is 6.34. The number of nitrogens with two attached hydrogens (primary N) is 1. The van der Waals surface area contributed by atoms with Crippen molar-refractivity contribution in [3.63, 3.8) is 0 Å². The van der Waals surface area contributed by atoms with Gasteiger partial charge in [-0.1, -0.05) is 30.3 Å². The number of hydrogen-bond acceptors (Lipinski definition) is 3. The van der Waals surface area contributed by atoms with E-state index in [0.717, 1.165) is 33.2 Å². The number of aromatic nitrogens is 1. The van der Waals surface area contributed by atoms with Crippen LogP contribution in [0.2, 0.25) is 0 Å². The largest absolute Gasteiger partial charge is 0.496 e. The molecule has 1 heterocycles. The van der Waals surface area contributed by atoms with Gasteiger partial charge in [-0.05, 0) is 35.6 Å². The van der Waals surface area contributed by atoms with Crippen LogP contribution < -0.4 is 10.5 Å². The molecular weight excluding hydrogens is 248 g/mol. The molecule has 0 aliphatic carbocycles. The van der Waals surface area contributed by atoms with E-state index in [1.807, 2.05) is 30.3 Å². The zero-order valence-electron chi connectivity index (χ0n) is 11.3. The van der Waals surface area contributed by atoms with Crippen LogP contribution in [-0.2, 0) is 0 Å². The number of methoxy groups -OCH3 is 1. The van der Waals surface area contributed by atoms with Crippen LogP contribution in [0.3, 0.4) is 0 Å². The lowest BCUT2D eigenvalue weighted by atomic mass is 9.98. The average molecular weight is 263 g/mol. The molecule has 3 aromatic rings.